The Labute approximate surface area is 102 Å². The van der Waals surface area contributed by atoms with Crippen LogP contribution in [0.2, 0.25) is 0 Å². The molecule has 0 aliphatic carbocycles. The smallest absolute Gasteiger partial charge is 0.125 e. The average Bonchev–Trinajstić information content (AvgIpc) is 2.27. The van der Waals surface area contributed by atoms with Crippen LogP contribution in [0.5, 0.6) is 0 Å². The summed E-state index contributed by atoms with van der Waals surface area (Å²) in [6, 6.07) is 4.46. The Morgan fingerprint density at radius 3 is 2.71 bits per heavy atom. The van der Waals surface area contributed by atoms with E-state index >= 15 is 0 Å². The van der Waals surface area contributed by atoms with Crippen LogP contribution in [0.4, 0.5) is 15.8 Å². The molecule has 17 heavy (non-hydrogen) atoms. The molecule has 0 radical (unpaired) electrons. The highest BCUT2D eigenvalue weighted by molar-refractivity contribution is 5.67. The first-order valence-electron chi connectivity index (χ1n) is 5.83. The van der Waals surface area contributed by atoms with E-state index in [4.69, 9.17) is 10.5 Å². The highest BCUT2D eigenvalue weighted by atomic mass is 19.1. The molecule has 96 valence electrons. The van der Waals surface area contributed by atoms with Gasteiger partial charge in [-0.2, -0.15) is 0 Å². The molecule has 0 bridgehead atoms. The number of halogens is 1. The zero-order chi connectivity index (χ0) is 12.8. The number of hydrogen-bond donors (Lipinski definition) is 1. The number of hydrogen-bond acceptors (Lipinski definition) is 3. The van der Waals surface area contributed by atoms with E-state index in [0.717, 1.165) is 12.2 Å². The Morgan fingerprint density at radius 2 is 2.12 bits per heavy atom. The largest absolute Gasteiger partial charge is 0.397 e. The Balaban J connectivity index is 2.90. The normalized spacial score (nSPS) is 10.9. The third kappa shape index (κ3) is 4.23. The lowest BCUT2D eigenvalue weighted by atomic mass is 10.1. The summed E-state index contributed by atoms with van der Waals surface area (Å²) in [6.07, 6.45) is 0. The third-order valence-electron chi connectivity index (χ3n) is 2.48. The van der Waals surface area contributed by atoms with Crippen LogP contribution in [0.3, 0.4) is 0 Å². The molecule has 0 saturated carbocycles. The van der Waals surface area contributed by atoms with Crippen molar-refractivity contribution in [2.24, 2.45) is 5.92 Å². The van der Waals surface area contributed by atoms with Crippen LogP contribution < -0.4 is 10.6 Å². The molecule has 0 aromatic heterocycles. The van der Waals surface area contributed by atoms with Crippen LogP contribution in [0, 0.1) is 11.7 Å². The molecular weight excluding hydrogens is 219 g/mol. The highest BCUT2D eigenvalue weighted by Crippen LogP contribution is 2.24. The van der Waals surface area contributed by atoms with Crippen LogP contribution in [0.15, 0.2) is 18.2 Å². The maximum Gasteiger partial charge on any atom is 0.125 e. The molecular formula is C13H21FN2O. The number of nitrogens with zero attached hydrogens (tertiary/aromatic N) is 1. The first-order chi connectivity index (χ1) is 8.04. The number of methoxy groups -OCH3 is 1. The molecule has 0 aliphatic rings. The number of nitrogen functional groups attached to an aromatic ring is 1. The second-order valence-electron chi connectivity index (χ2n) is 4.54. The number of ether oxygens (including phenoxy) is 1. The molecule has 1 aromatic carbocycles. The highest BCUT2D eigenvalue weighted by Gasteiger charge is 2.12. The van der Waals surface area contributed by atoms with Crippen LogP contribution in [-0.4, -0.2) is 26.8 Å². The van der Waals surface area contributed by atoms with Gasteiger partial charge in [0.1, 0.15) is 5.82 Å². The zero-order valence-corrected chi connectivity index (χ0v) is 10.7. The maximum atomic E-state index is 13.3. The lowest BCUT2D eigenvalue weighted by molar-refractivity contribution is 0.204. The minimum Gasteiger partial charge on any atom is -0.397 e. The molecule has 0 fully saturated rings. The summed E-state index contributed by atoms with van der Waals surface area (Å²) < 4.78 is 18.3. The van der Waals surface area contributed by atoms with Gasteiger partial charge in [0.25, 0.3) is 0 Å². The molecule has 0 saturated heterocycles. The summed E-state index contributed by atoms with van der Waals surface area (Å²) >= 11 is 0. The molecule has 1 aromatic rings. The molecule has 0 amide bonds. The summed E-state index contributed by atoms with van der Waals surface area (Å²) in [6.45, 7) is 6.38. The van der Waals surface area contributed by atoms with E-state index in [-0.39, 0.29) is 5.82 Å². The minimum atomic E-state index is -0.264. The Hall–Kier alpha value is -1.29. The predicted molar refractivity (Wildman–Crippen MR) is 69.7 cm³/mol. The van der Waals surface area contributed by atoms with E-state index in [1.807, 2.05) is 0 Å². The quantitative estimate of drug-likeness (QED) is 0.776. The van der Waals surface area contributed by atoms with Crippen molar-refractivity contribution in [1.82, 2.24) is 0 Å². The van der Waals surface area contributed by atoms with Crippen molar-refractivity contribution in [2.75, 3.05) is 37.4 Å². The number of nitrogens with two attached hydrogens (primary N) is 1. The minimum absolute atomic E-state index is 0.264. The van der Waals surface area contributed by atoms with E-state index in [0.29, 0.717) is 24.8 Å². The predicted octanol–water partition coefficient (Wildman–Crippen LogP) is 2.52. The average molecular weight is 240 g/mol. The van der Waals surface area contributed by atoms with E-state index in [9.17, 15) is 4.39 Å². The molecule has 1 rings (SSSR count). The standard InChI is InChI=1S/C13H21FN2O/c1-10(2)9-16(6-7-17-3)13-8-11(14)4-5-12(13)15/h4-5,8,10H,6-7,9,15H2,1-3H3. The van der Waals surface area contributed by atoms with Crippen LogP contribution in [0.1, 0.15) is 13.8 Å². The second kappa shape index (κ2) is 6.45. The summed E-state index contributed by atoms with van der Waals surface area (Å²) in [5.41, 5.74) is 7.23. The summed E-state index contributed by atoms with van der Waals surface area (Å²) in [5, 5.41) is 0. The fourth-order valence-corrected chi connectivity index (χ4v) is 1.74. The van der Waals surface area contributed by atoms with Gasteiger partial charge >= 0.3 is 0 Å². The van der Waals surface area contributed by atoms with Crippen LogP contribution in [-0.2, 0) is 4.74 Å². The monoisotopic (exact) mass is 240 g/mol. The van der Waals surface area contributed by atoms with Gasteiger partial charge in [0.05, 0.1) is 18.0 Å². The Kier molecular flexibility index (Phi) is 5.22. The van der Waals surface area contributed by atoms with Gasteiger partial charge in [-0.15, -0.1) is 0 Å². The van der Waals surface area contributed by atoms with Gasteiger partial charge < -0.3 is 15.4 Å². The zero-order valence-electron chi connectivity index (χ0n) is 10.7. The molecule has 0 atom stereocenters. The summed E-state index contributed by atoms with van der Waals surface area (Å²) in [4.78, 5) is 2.06. The Bertz CT molecular complexity index is 355. The fraction of sp³-hybridized carbons (Fsp3) is 0.538. The summed E-state index contributed by atoms with van der Waals surface area (Å²) in [7, 11) is 1.66. The van der Waals surface area contributed by atoms with E-state index in [1.165, 1.54) is 12.1 Å². The van der Waals surface area contributed by atoms with E-state index in [1.54, 1.807) is 13.2 Å². The van der Waals surface area contributed by atoms with Gasteiger partial charge in [-0.1, -0.05) is 13.8 Å². The molecule has 0 heterocycles. The number of rotatable bonds is 6. The molecule has 2 N–H and O–H groups in total. The van der Waals surface area contributed by atoms with Crippen LogP contribution >= 0.6 is 0 Å². The fourth-order valence-electron chi connectivity index (χ4n) is 1.74. The lowest BCUT2D eigenvalue weighted by Crippen LogP contribution is -2.31. The molecule has 0 aliphatic heterocycles. The van der Waals surface area contributed by atoms with Gasteiger partial charge in [-0.25, -0.2) is 4.39 Å². The summed E-state index contributed by atoms with van der Waals surface area (Å²) in [5.74, 6) is 0.217. The van der Waals surface area contributed by atoms with Crippen molar-refractivity contribution in [1.29, 1.82) is 0 Å². The van der Waals surface area contributed by atoms with Crippen LogP contribution in [0.25, 0.3) is 0 Å². The first-order valence-corrected chi connectivity index (χ1v) is 5.83. The van der Waals surface area contributed by atoms with Gasteiger partial charge in [0.2, 0.25) is 0 Å². The van der Waals surface area contributed by atoms with Gasteiger partial charge in [0, 0.05) is 20.2 Å². The third-order valence-corrected chi connectivity index (χ3v) is 2.48. The maximum absolute atomic E-state index is 13.3. The number of anilines is 2. The SMILES string of the molecule is COCCN(CC(C)C)c1cc(F)ccc1N. The van der Waals surface area contributed by atoms with Gasteiger partial charge in [-0.3, -0.25) is 0 Å². The number of benzene rings is 1. The topological polar surface area (TPSA) is 38.5 Å². The molecule has 3 nitrogen and oxygen atoms in total. The Morgan fingerprint density at radius 1 is 1.41 bits per heavy atom. The van der Waals surface area contributed by atoms with E-state index in [2.05, 4.69) is 18.7 Å². The molecule has 0 spiro atoms. The molecule has 4 heteroatoms. The van der Waals surface area contributed by atoms with Crippen molar-refractivity contribution in [2.45, 2.75) is 13.8 Å². The molecule has 0 unspecified atom stereocenters. The van der Waals surface area contributed by atoms with Crippen molar-refractivity contribution < 1.29 is 9.13 Å². The van der Waals surface area contributed by atoms with E-state index < -0.39 is 0 Å². The van der Waals surface area contributed by atoms with Gasteiger partial charge in [0.15, 0.2) is 0 Å². The first kappa shape index (κ1) is 13.8. The van der Waals surface area contributed by atoms with Crippen molar-refractivity contribution in [3.63, 3.8) is 0 Å². The second-order valence-corrected chi connectivity index (χ2v) is 4.54. The van der Waals surface area contributed by atoms with Gasteiger partial charge in [-0.05, 0) is 24.1 Å². The van der Waals surface area contributed by atoms with Crippen molar-refractivity contribution in [3.05, 3.63) is 24.0 Å². The lowest BCUT2D eigenvalue weighted by Gasteiger charge is -2.27. The van der Waals surface area contributed by atoms with Crippen molar-refractivity contribution in [3.8, 4) is 0 Å². The van der Waals surface area contributed by atoms with Crippen molar-refractivity contribution >= 4 is 11.4 Å².